The lowest BCUT2D eigenvalue weighted by Gasteiger charge is -2.21. The molecule has 0 saturated heterocycles. The Morgan fingerprint density at radius 3 is 0.667 bits per heavy atom. The smallest absolute Gasteiger partial charge is 0.171 e. The monoisotopic (exact) mass is 476 g/mol. The number of halogens is 4. The van der Waals surface area contributed by atoms with Crippen LogP contribution in [0.15, 0.2) is 97.1 Å². The Kier molecular flexibility index (Phi) is 8.30. The Balaban J connectivity index is 0.000000173. The molecule has 30 heavy (non-hydrogen) atoms. The molecule has 4 aromatic rings. The van der Waals surface area contributed by atoms with Crippen LogP contribution in [0.1, 0.15) is 0 Å². The van der Waals surface area contributed by atoms with Gasteiger partial charge in [0.2, 0.25) is 0 Å². The third-order valence-corrected chi connectivity index (χ3v) is 5.19. The number of hydrogen-bond acceptors (Lipinski definition) is 2. The van der Waals surface area contributed by atoms with Crippen molar-refractivity contribution in [1.82, 2.24) is 0 Å². The zero-order chi connectivity index (χ0) is 21.3. The Morgan fingerprint density at radius 1 is 0.333 bits per heavy atom. The van der Waals surface area contributed by atoms with Crippen molar-refractivity contribution in [2.75, 3.05) is 0 Å². The Morgan fingerprint density at radius 2 is 0.500 bits per heavy atom. The summed E-state index contributed by atoms with van der Waals surface area (Å²) >= 11 is 23.7. The van der Waals surface area contributed by atoms with Gasteiger partial charge in [-0.15, -0.1) is 0 Å². The maximum atomic E-state index is 5.91. The molecule has 1 aliphatic rings. The van der Waals surface area contributed by atoms with Gasteiger partial charge in [0.15, 0.2) is 23.0 Å². The first-order chi connectivity index (χ1) is 14.5. The molecule has 0 saturated carbocycles. The summed E-state index contributed by atoms with van der Waals surface area (Å²) in [6.45, 7) is 0. The molecule has 0 atom stereocenters. The van der Waals surface area contributed by atoms with E-state index >= 15 is 0 Å². The van der Waals surface area contributed by atoms with E-state index in [0.29, 0.717) is 43.1 Å². The predicted molar refractivity (Wildman–Crippen MR) is 126 cm³/mol. The van der Waals surface area contributed by atoms with Crippen molar-refractivity contribution in [3.63, 3.8) is 0 Å². The molecule has 0 amide bonds. The lowest BCUT2D eigenvalue weighted by atomic mass is 10.2. The maximum absolute atomic E-state index is 5.91. The number of rotatable bonds is 0. The lowest BCUT2D eigenvalue weighted by Crippen LogP contribution is -1.99. The second-order valence-electron chi connectivity index (χ2n) is 5.94. The lowest BCUT2D eigenvalue weighted by molar-refractivity contribution is 0.359. The molecular formula is C24H16Cl4O2. The molecule has 0 aromatic heterocycles. The maximum Gasteiger partial charge on any atom is 0.171 e. The van der Waals surface area contributed by atoms with E-state index in [0.717, 1.165) is 0 Å². The zero-order valence-corrected chi connectivity index (χ0v) is 18.6. The molecule has 6 heteroatoms. The van der Waals surface area contributed by atoms with E-state index in [1.165, 1.54) is 0 Å². The van der Waals surface area contributed by atoms with Crippen molar-refractivity contribution in [2.45, 2.75) is 0 Å². The highest BCUT2D eigenvalue weighted by Crippen LogP contribution is 2.49. The second kappa shape index (κ2) is 11.1. The Bertz CT molecular complexity index is 891. The first-order valence-electron chi connectivity index (χ1n) is 8.88. The fourth-order valence-corrected chi connectivity index (χ4v) is 2.96. The summed E-state index contributed by atoms with van der Waals surface area (Å²) in [6, 6.07) is 30.4. The summed E-state index contributed by atoms with van der Waals surface area (Å²) in [6.07, 6.45) is 0. The number of benzene rings is 4. The molecule has 0 spiro atoms. The molecule has 0 radical (unpaired) electrons. The van der Waals surface area contributed by atoms with Crippen LogP contribution in [0.3, 0.4) is 0 Å². The number of ether oxygens (including phenoxy) is 2. The first kappa shape index (κ1) is 22.3. The van der Waals surface area contributed by atoms with Gasteiger partial charge in [-0.1, -0.05) is 119 Å². The molecule has 0 fully saturated rings. The minimum Gasteiger partial charge on any atom is -0.449 e. The fraction of sp³-hybridized carbons (Fsp3) is 0. The molecule has 0 unspecified atom stereocenters. The molecule has 1 heterocycles. The largest absolute Gasteiger partial charge is 0.449 e. The van der Waals surface area contributed by atoms with Crippen molar-refractivity contribution in [3.8, 4) is 23.0 Å². The molecule has 0 bridgehead atoms. The van der Waals surface area contributed by atoms with E-state index in [2.05, 4.69) is 0 Å². The van der Waals surface area contributed by atoms with E-state index in [1.54, 1.807) is 24.3 Å². The van der Waals surface area contributed by atoms with Gasteiger partial charge in [0.1, 0.15) is 0 Å². The van der Waals surface area contributed by atoms with Crippen molar-refractivity contribution >= 4 is 46.4 Å². The van der Waals surface area contributed by atoms with Crippen molar-refractivity contribution in [3.05, 3.63) is 117 Å². The summed E-state index contributed by atoms with van der Waals surface area (Å²) in [5, 5.41) is 1.56. The third-order valence-electron chi connectivity index (χ3n) is 3.75. The molecule has 4 aromatic carbocycles. The van der Waals surface area contributed by atoms with E-state index in [-0.39, 0.29) is 0 Å². The van der Waals surface area contributed by atoms with Crippen molar-refractivity contribution in [2.24, 2.45) is 0 Å². The zero-order valence-electron chi connectivity index (χ0n) is 15.6. The normalized spacial score (nSPS) is 10.5. The summed E-state index contributed by atoms with van der Waals surface area (Å²) in [5.74, 6) is 1.93. The van der Waals surface area contributed by atoms with Gasteiger partial charge in [-0.05, 0) is 0 Å². The topological polar surface area (TPSA) is 18.5 Å². The van der Waals surface area contributed by atoms with Crippen molar-refractivity contribution < 1.29 is 9.47 Å². The van der Waals surface area contributed by atoms with Gasteiger partial charge in [0, 0.05) is 24.3 Å². The van der Waals surface area contributed by atoms with Crippen LogP contribution in [0.5, 0.6) is 23.0 Å². The fourth-order valence-electron chi connectivity index (χ4n) is 2.35. The highest BCUT2D eigenvalue weighted by atomic mass is 35.5. The summed E-state index contributed by atoms with van der Waals surface area (Å²) in [7, 11) is 0. The van der Waals surface area contributed by atoms with Crippen LogP contribution >= 0.6 is 46.4 Å². The van der Waals surface area contributed by atoms with Gasteiger partial charge in [-0.2, -0.15) is 0 Å². The first-order valence-corrected chi connectivity index (χ1v) is 10.4. The van der Waals surface area contributed by atoms with Crippen LogP contribution in [-0.4, -0.2) is 0 Å². The van der Waals surface area contributed by atoms with E-state index in [1.807, 2.05) is 72.8 Å². The molecule has 152 valence electrons. The molecule has 2 nitrogen and oxygen atoms in total. The van der Waals surface area contributed by atoms with Crippen LogP contribution in [0.4, 0.5) is 0 Å². The molecule has 0 N–H and O–H groups in total. The quantitative estimate of drug-likeness (QED) is 0.221. The number of hydrogen-bond donors (Lipinski definition) is 0. The van der Waals surface area contributed by atoms with Crippen molar-refractivity contribution in [1.29, 1.82) is 0 Å². The summed E-state index contributed by atoms with van der Waals surface area (Å²) in [5.41, 5.74) is 0. The van der Waals surface area contributed by atoms with Gasteiger partial charge in [0.25, 0.3) is 0 Å². The standard InChI is InChI=1S/C12H4Cl4O2.2C6H6/c13-5-1-9-10(2-6(5)14)18-12-4-8(16)7(15)3-11(12)17-9;2*1-2-4-6-5-3-1/h1-4H;2*1-6H. The minimum atomic E-state index is 0.391. The number of fused-ring (bicyclic) bond motifs is 2. The Labute approximate surface area is 195 Å². The second-order valence-corrected chi connectivity index (χ2v) is 7.57. The van der Waals surface area contributed by atoms with E-state index in [9.17, 15) is 0 Å². The van der Waals surface area contributed by atoms with Gasteiger partial charge >= 0.3 is 0 Å². The average Bonchev–Trinajstić information content (AvgIpc) is 2.78. The van der Waals surface area contributed by atoms with Gasteiger partial charge < -0.3 is 9.47 Å². The van der Waals surface area contributed by atoms with Crippen LogP contribution < -0.4 is 9.47 Å². The van der Waals surface area contributed by atoms with E-state index in [4.69, 9.17) is 55.9 Å². The molecule has 0 aliphatic carbocycles. The average molecular weight is 478 g/mol. The summed E-state index contributed by atoms with van der Waals surface area (Å²) in [4.78, 5) is 0. The summed E-state index contributed by atoms with van der Waals surface area (Å²) < 4.78 is 11.3. The SMILES string of the molecule is Clc1cc2c(cc1Cl)Oc1cc(Cl)c(Cl)cc1O2.c1ccccc1.c1ccccc1. The van der Waals surface area contributed by atoms with Crippen LogP contribution in [-0.2, 0) is 0 Å². The molecular weight excluding hydrogens is 462 g/mol. The highest BCUT2D eigenvalue weighted by Gasteiger charge is 2.21. The van der Waals surface area contributed by atoms with Crippen LogP contribution in [0, 0.1) is 0 Å². The molecule has 1 aliphatic heterocycles. The van der Waals surface area contributed by atoms with E-state index < -0.39 is 0 Å². The minimum absolute atomic E-state index is 0.391. The van der Waals surface area contributed by atoms with Gasteiger partial charge in [0.05, 0.1) is 20.1 Å². The van der Waals surface area contributed by atoms with Gasteiger partial charge in [-0.3, -0.25) is 0 Å². The molecule has 5 rings (SSSR count). The highest BCUT2D eigenvalue weighted by molar-refractivity contribution is 6.42. The Hall–Kier alpha value is -2.36. The van der Waals surface area contributed by atoms with Gasteiger partial charge in [-0.25, -0.2) is 0 Å². The predicted octanol–water partition coefficient (Wildman–Crippen LogP) is 9.57. The van der Waals surface area contributed by atoms with Crippen LogP contribution in [0.25, 0.3) is 0 Å². The third kappa shape index (κ3) is 6.32. The van der Waals surface area contributed by atoms with Crippen LogP contribution in [0.2, 0.25) is 20.1 Å².